The molecule has 0 radical (unpaired) electrons. The van der Waals surface area contributed by atoms with Crippen LogP contribution in [0, 0.1) is 17.1 Å². The summed E-state index contributed by atoms with van der Waals surface area (Å²) >= 11 is 0. The van der Waals surface area contributed by atoms with Gasteiger partial charge < -0.3 is 10.2 Å². The largest absolute Gasteiger partial charge is 0.389 e. The van der Waals surface area contributed by atoms with E-state index in [2.05, 4.69) is 0 Å². The van der Waals surface area contributed by atoms with Crippen LogP contribution in [0.1, 0.15) is 11.1 Å². The zero-order valence-electron chi connectivity index (χ0n) is 9.17. The van der Waals surface area contributed by atoms with Crippen molar-refractivity contribution < 1.29 is 14.6 Å². The first-order chi connectivity index (χ1) is 8.10. The van der Waals surface area contributed by atoms with Crippen molar-refractivity contribution in [1.82, 2.24) is 4.90 Å². The van der Waals surface area contributed by atoms with Gasteiger partial charge in [0.05, 0.1) is 23.8 Å². The van der Waals surface area contributed by atoms with Crippen molar-refractivity contribution in [1.29, 1.82) is 5.26 Å². The molecule has 5 heteroatoms. The molecule has 0 saturated carbocycles. The van der Waals surface area contributed by atoms with E-state index in [0.29, 0.717) is 30.8 Å². The molecule has 17 heavy (non-hydrogen) atoms. The van der Waals surface area contributed by atoms with Gasteiger partial charge >= 0.3 is 0 Å². The Kier molecular flexibility index (Phi) is 3.38. The molecule has 1 aromatic rings. The number of halogens is 1. The molecule has 0 aromatic heterocycles. The van der Waals surface area contributed by atoms with E-state index in [1.165, 1.54) is 12.1 Å². The second kappa shape index (κ2) is 4.80. The molecular formula is C12H13FN2O2. The van der Waals surface area contributed by atoms with E-state index in [4.69, 9.17) is 5.26 Å². The second-order valence-corrected chi connectivity index (χ2v) is 4.24. The van der Waals surface area contributed by atoms with Crippen molar-refractivity contribution in [3.8, 4) is 6.07 Å². The maximum atomic E-state index is 12.9. The van der Waals surface area contributed by atoms with Crippen LogP contribution in [-0.2, 0) is 6.54 Å². The summed E-state index contributed by atoms with van der Waals surface area (Å²) < 4.78 is 12.9. The van der Waals surface area contributed by atoms with Crippen molar-refractivity contribution in [3.63, 3.8) is 0 Å². The first-order valence-electron chi connectivity index (χ1n) is 5.37. The van der Waals surface area contributed by atoms with Crippen LogP contribution in [0.15, 0.2) is 18.2 Å². The van der Waals surface area contributed by atoms with Crippen LogP contribution >= 0.6 is 0 Å². The van der Waals surface area contributed by atoms with Crippen LogP contribution < -0.4 is 0 Å². The van der Waals surface area contributed by atoms with E-state index >= 15 is 0 Å². The molecule has 0 bridgehead atoms. The van der Waals surface area contributed by atoms with Gasteiger partial charge in [-0.15, -0.1) is 0 Å². The first-order valence-corrected chi connectivity index (χ1v) is 5.37. The third kappa shape index (κ3) is 2.61. The van der Waals surface area contributed by atoms with Crippen molar-refractivity contribution in [2.75, 3.05) is 13.1 Å². The number of aliphatic hydroxyl groups excluding tert-OH is 2. The summed E-state index contributed by atoms with van der Waals surface area (Å²) in [6.07, 6.45) is -1.50. The van der Waals surface area contributed by atoms with E-state index in [0.717, 1.165) is 0 Å². The average Bonchev–Trinajstić information content (AvgIpc) is 2.60. The molecule has 0 spiro atoms. The van der Waals surface area contributed by atoms with Crippen molar-refractivity contribution in [2.24, 2.45) is 0 Å². The van der Waals surface area contributed by atoms with Gasteiger partial charge in [0.15, 0.2) is 0 Å². The Hall–Kier alpha value is -1.48. The van der Waals surface area contributed by atoms with Crippen LogP contribution in [-0.4, -0.2) is 40.4 Å². The minimum absolute atomic E-state index is 0.292. The molecule has 90 valence electrons. The first kappa shape index (κ1) is 12.0. The lowest BCUT2D eigenvalue weighted by atomic mass is 10.1. The fraction of sp³-hybridized carbons (Fsp3) is 0.417. The van der Waals surface area contributed by atoms with Crippen LogP contribution in [0.25, 0.3) is 0 Å². The van der Waals surface area contributed by atoms with Gasteiger partial charge in [0.1, 0.15) is 5.82 Å². The molecule has 1 aliphatic rings. The smallest absolute Gasteiger partial charge is 0.124 e. The minimum atomic E-state index is -0.749. The van der Waals surface area contributed by atoms with Crippen LogP contribution in [0.3, 0.4) is 0 Å². The topological polar surface area (TPSA) is 67.5 Å². The lowest BCUT2D eigenvalue weighted by Crippen LogP contribution is -2.22. The normalized spacial score (nSPS) is 24.8. The van der Waals surface area contributed by atoms with E-state index in [1.54, 1.807) is 6.07 Å². The summed E-state index contributed by atoms with van der Waals surface area (Å²) in [5.41, 5.74) is 0.996. The van der Waals surface area contributed by atoms with Gasteiger partial charge in [-0.25, -0.2) is 4.39 Å². The third-order valence-electron chi connectivity index (χ3n) is 2.92. The number of benzene rings is 1. The highest BCUT2D eigenvalue weighted by Gasteiger charge is 2.29. The highest BCUT2D eigenvalue weighted by atomic mass is 19.1. The Balaban J connectivity index is 2.12. The number of aliphatic hydroxyl groups is 2. The lowest BCUT2D eigenvalue weighted by molar-refractivity contribution is 0.0572. The van der Waals surface area contributed by atoms with Gasteiger partial charge in [0.2, 0.25) is 0 Å². The summed E-state index contributed by atoms with van der Waals surface area (Å²) in [5.74, 6) is -0.438. The maximum absolute atomic E-state index is 12.9. The van der Waals surface area contributed by atoms with E-state index in [9.17, 15) is 14.6 Å². The number of hydrogen-bond acceptors (Lipinski definition) is 4. The SMILES string of the molecule is N#Cc1cc(F)ccc1CN1CC(O)C(O)C1. The third-order valence-corrected chi connectivity index (χ3v) is 2.92. The van der Waals surface area contributed by atoms with E-state index in [1.807, 2.05) is 11.0 Å². The number of hydrogen-bond donors (Lipinski definition) is 2. The van der Waals surface area contributed by atoms with Crippen molar-refractivity contribution in [3.05, 3.63) is 35.1 Å². The maximum Gasteiger partial charge on any atom is 0.124 e. The second-order valence-electron chi connectivity index (χ2n) is 4.24. The quantitative estimate of drug-likeness (QED) is 0.771. The highest BCUT2D eigenvalue weighted by Crippen LogP contribution is 2.17. The molecule has 4 nitrogen and oxygen atoms in total. The molecular weight excluding hydrogens is 223 g/mol. The van der Waals surface area contributed by atoms with Gasteiger partial charge in [0, 0.05) is 19.6 Å². The molecule has 1 aromatic carbocycles. The molecule has 2 rings (SSSR count). The monoisotopic (exact) mass is 236 g/mol. The van der Waals surface area contributed by atoms with E-state index < -0.39 is 18.0 Å². The van der Waals surface area contributed by atoms with Gasteiger partial charge in [0.25, 0.3) is 0 Å². The van der Waals surface area contributed by atoms with Crippen LogP contribution in [0.4, 0.5) is 4.39 Å². The Labute approximate surface area is 98.5 Å². The fourth-order valence-electron chi connectivity index (χ4n) is 2.01. The van der Waals surface area contributed by atoms with Gasteiger partial charge in [-0.2, -0.15) is 5.26 Å². The predicted molar refractivity (Wildman–Crippen MR) is 58.4 cm³/mol. The number of likely N-dealkylation sites (tertiary alicyclic amines) is 1. The molecule has 2 unspecified atom stereocenters. The van der Waals surface area contributed by atoms with E-state index in [-0.39, 0.29) is 0 Å². The summed E-state index contributed by atoms with van der Waals surface area (Å²) in [7, 11) is 0. The summed E-state index contributed by atoms with van der Waals surface area (Å²) in [4.78, 5) is 1.84. The molecule has 1 fully saturated rings. The van der Waals surface area contributed by atoms with Crippen molar-refractivity contribution >= 4 is 0 Å². The van der Waals surface area contributed by atoms with Gasteiger partial charge in [-0.3, -0.25) is 4.90 Å². The van der Waals surface area contributed by atoms with Gasteiger partial charge in [-0.05, 0) is 17.7 Å². The zero-order chi connectivity index (χ0) is 12.4. The number of nitrogens with zero attached hydrogens (tertiary/aromatic N) is 2. The van der Waals surface area contributed by atoms with Crippen LogP contribution in [0.5, 0.6) is 0 Å². The Morgan fingerprint density at radius 2 is 2.00 bits per heavy atom. The predicted octanol–water partition coefficient (Wildman–Crippen LogP) is 0.235. The summed E-state index contributed by atoms with van der Waals surface area (Å²) in [6, 6.07) is 6.00. The molecule has 1 saturated heterocycles. The Morgan fingerprint density at radius 3 is 2.59 bits per heavy atom. The standard InChI is InChI=1S/C12H13FN2O2/c13-10-2-1-8(9(3-10)4-14)5-15-6-11(16)12(17)7-15/h1-3,11-12,16-17H,5-7H2. The molecule has 0 aliphatic carbocycles. The molecule has 2 N–H and O–H groups in total. The van der Waals surface area contributed by atoms with Crippen LogP contribution in [0.2, 0.25) is 0 Å². The molecule has 0 amide bonds. The van der Waals surface area contributed by atoms with Gasteiger partial charge in [-0.1, -0.05) is 6.07 Å². The lowest BCUT2D eigenvalue weighted by Gasteiger charge is -2.15. The molecule has 1 aliphatic heterocycles. The average molecular weight is 236 g/mol. The number of rotatable bonds is 2. The minimum Gasteiger partial charge on any atom is -0.389 e. The summed E-state index contributed by atoms with van der Waals surface area (Å²) in [6.45, 7) is 1.16. The van der Waals surface area contributed by atoms with Crippen molar-refractivity contribution in [2.45, 2.75) is 18.8 Å². The molecule has 1 heterocycles. The summed E-state index contributed by atoms with van der Waals surface area (Å²) in [5, 5.41) is 27.7. The highest BCUT2D eigenvalue weighted by molar-refractivity contribution is 5.37. The molecule has 2 atom stereocenters. The number of β-amino-alcohol motifs (C(OH)–C–C–N with tert-alkyl or cyclic N) is 2. The Morgan fingerprint density at radius 1 is 1.35 bits per heavy atom. The Bertz CT molecular complexity index is 448. The fourth-order valence-corrected chi connectivity index (χ4v) is 2.01. The zero-order valence-corrected chi connectivity index (χ0v) is 9.17. The number of nitriles is 1.